The van der Waals surface area contributed by atoms with Crippen LogP contribution < -0.4 is 10.0 Å². The first-order chi connectivity index (χ1) is 15.9. The summed E-state index contributed by atoms with van der Waals surface area (Å²) in [5.74, 6) is 0.879. The van der Waals surface area contributed by atoms with E-state index >= 15 is 0 Å². The highest BCUT2D eigenvalue weighted by Crippen LogP contribution is 2.26. The third-order valence-electron chi connectivity index (χ3n) is 5.37. The lowest BCUT2D eigenvalue weighted by atomic mass is 10.1. The molecule has 0 spiro atoms. The van der Waals surface area contributed by atoms with Crippen molar-refractivity contribution in [2.45, 2.75) is 55.9 Å². The number of carbonyl (C=O) groups is 1. The Kier molecular flexibility index (Phi) is 7.16. The molecule has 2 N–H and O–H groups in total. The molecule has 8 nitrogen and oxygen atoms in total. The molecule has 1 heterocycles. The lowest BCUT2D eigenvalue weighted by Crippen LogP contribution is -2.26. The molecule has 1 aliphatic rings. The average molecular weight is 486 g/mol. The molecule has 1 aromatic heterocycles. The Balaban J connectivity index is 1.31. The second kappa shape index (κ2) is 10.1. The van der Waals surface area contributed by atoms with Gasteiger partial charge < -0.3 is 9.88 Å². The van der Waals surface area contributed by atoms with Crippen molar-refractivity contribution < 1.29 is 13.2 Å². The molecule has 33 heavy (non-hydrogen) atoms. The third-order valence-corrected chi connectivity index (χ3v) is 7.88. The van der Waals surface area contributed by atoms with E-state index in [-0.39, 0.29) is 22.6 Å². The Morgan fingerprint density at radius 1 is 1.12 bits per heavy atom. The van der Waals surface area contributed by atoms with Gasteiger partial charge in [0.2, 0.25) is 15.9 Å². The number of thioether (sulfide) groups is 1. The predicted octanol–water partition coefficient (Wildman–Crippen LogP) is 3.12. The maximum atomic E-state index is 12.4. The van der Waals surface area contributed by atoms with Gasteiger partial charge in [0.25, 0.3) is 0 Å². The number of hydrogen-bond acceptors (Lipinski definition) is 6. The van der Waals surface area contributed by atoms with E-state index < -0.39 is 10.0 Å². The summed E-state index contributed by atoms with van der Waals surface area (Å²) in [5, 5.41) is 12.2. The van der Waals surface area contributed by atoms with Gasteiger partial charge in [-0.25, -0.2) is 13.1 Å². The SMILES string of the molecule is CCn1c(SCC(=O)NCc2ccc(S(=O)(=O)NC3CC3)cc2)nnc1-c1ccccc1C. The Labute approximate surface area is 198 Å². The van der Waals surface area contributed by atoms with Gasteiger partial charge in [-0.1, -0.05) is 48.2 Å². The van der Waals surface area contributed by atoms with Crippen LogP contribution in [-0.2, 0) is 27.9 Å². The minimum Gasteiger partial charge on any atom is -0.351 e. The van der Waals surface area contributed by atoms with E-state index in [4.69, 9.17) is 0 Å². The van der Waals surface area contributed by atoms with Crippen molar-refractivity contribution in [3.05, 3.63) is 59.7 Å². The zero-order valence-corrected chi connectivity index (χ0v) is 20.2. The van der Waals surface area contributed by atoms with Gasteiger partial charge in [-0.15, -0.1) is 10.2 Å². The summed E-state index contributed by atoms with van der Waals surface area (Å²) >= 11 is 1.34. The fourth-order valence-electron chi connectivity index (χ4n) is 3.36. The van der Waals surface area contributed by atoms with Crippen LogP contribution in [0.2, 0.25) is 0 Å². The molecule has 1 aliphatic carbocycles. The second-order valence-electron chi connectivity index (χ2n) is 7.97. The van der Waals surface area contributed by atoms with Crippen molar-refractivity contribution in [3.63, 3.8) is 0 Å². The van der Waals surface area contributed by atoms with Gasteiger partial charge in [0.1, 0.15) is 0 Å². The fraction of sp³-hybridized carbons (Fsp3) is 0.348. The number of nitrogens with zero attached hydrogens (tertiary/aromatic N) is 3. The molecule has 1 amide bonds. The molecule has 10 heteroatoms. The molecule has 1 fully saturated rings. The molecule has 2 aromatic carbocycles. The zero-order valence-electron chi connectivity index (χ0n) is 18.6. The van der Waals surface area contributed by atoms with E-state index in [0.717, 1.165) is 35.4 Å². The summed E-state index contributed by atoms with van der Waals surface area (Å²) in [4.78, 5) is 12.6. The summed E-state index contributed by atoms with van der Waals surface area (Å²) in [6.07, 6.45) is 1.78. The molecule has 174 valence electrons. The quantitative estimate of drug-likeness (QED) is 0.428. The highest BCUT2D eigenvalue weighted by Gasteiger charge is 2.27. The number of carbonyl (C=O) groups excluding carboxylic acids is 1. The van der Waals surface area contributed by atoms with Crippen molar-refractivity contribution in [1.82, 2.24) is 24.8 Å². The van der Waals surface area contributed by atoms with E-state index in [2.05, 4.69) is 20.2 Å². The number of amides is 1. The normalized spacial score (nSPS) is 13.8. The number of aromatic nitrogens is 3. The molecule has 0 bridgehead atoms. The molecule has 0 atom stereocenters. The smallest absolute Gasteiger partial charge is 0.240 e. The van der Waals surface area contributed by atoms with Crippen molar-refractivity contribution >= 4 is 27.7 Å². The molecule has 0 radical (unpaired) electrons. The maximum absolute atomic E-state index is 12.4. The molecule has 4 rings (SSSR count). The molecule has 0 unspecified atom stereocenters. The van der Waals surface area contributed by atoms with Crippen LogP contribution >= 0.6 is 11.8 Å². The third kappa shape index (κ3) is 5.82. The Morgan fingerprint density at radius 2 is 1.85 bits per heavy atom. The molecule has 0 saturated heterocycles. The predicted molar refractivity (Wildman–Crippen MR) is 128 cm³/mol. The minimum atomic E-state index is -3.47. The number of benzene rings is 2. The van der Waals surface area contributed by atoms with Crippen molar-refractivity contribution in [2.24, 2.45) is 0 Å². The second-order valence-corrected chi connectivity index (χ2v) is 10.6. The van der Waals surface area contributed by atoms with Crippen LogP contribution in [0, 0.1) is 6.92 Å². The van der Waals surface area contributed by atoms with Gasteiger partial charge in [0.15, 0.2) is 11.0 Å². The topological polar surface area (TPSA) is 106 Å². The summed E-state index contributed by atoms with van der Waals surface area (Å²) in [7, 11) is -3.47. The largest absolute Gasteiger partial charge is 0.351 e. The Bertz CT molecular complexity index is 1240. The lowest BCUT2D eigenvalue weighted by molar-refractivity contribution is -0.118. The summed E-state index contributed by atoms with van der Waals surface area (Å²) < 4.78 is 29.2. The number of sulfonamides is 1. The highest BCUT2D eigenvalue weighted by molar-refractivity contribution is 7.99. The van der Waals surface area contributed by atoms with Crippen LogP contribution in [-0.4, -0.2) is 40.9 Å². The first-order valence-corrected chi connectivity index (χ1v) is 13.3. The average Bonchev–Trinajstić information content (AvgIpc) is 3.52. The number of rotatable bonds is 10. The van der Waals surface area contributed by atoms with Crippen LogP contribution in [0.5, 0.6) is 0 Å². The zero-order chi connectivity index (χ0) is 23.4. The van der Waals surface area contributed by atoms with Gasteiger partial charge >= 0.3 is 0 Å². The molecule has 3 aromatic rings. The van der Waals surface area contributed by atoms with Gasteiger partial charge in [-0.05, 0) is 49.9 Å². The number of hydrogen-bond donors (Lipinski definition) is 2. The standard InChI is InChI=1S/C23H27N5O3S2/c1-3-28-22(20-7-5-4-6-16(20)2)25-26-23(28)32-15-21(29)24-14-17-8-12-19(13-9-17)33(30,31)27-18-10-11-18/h4-9,12-13,18,27H,3,10-11,14-15H2,1-2H3,(H,24,29). The summed E-state index contributed by atoms with van der Waals surface area (Å²) in [6, 6.07) is 14.7. The van der Waals surface area contributed by atoms with Crippen LogP contribution in [0.15, 0.2) is 58.6 Å². The van der Waals surface area contributed by atoms with Crippen LogP contribution in [0.25, 0.3) is 11.4 Å². The fourth-order valence-corrected chi connectivity index (χ4v) is 5.50. The number of nitrogens with one attached hydrogen (secondary N) is 2. The highest BCUT2D eigenvalue weighted by atomic mass is 32.2. The van der Waals surface area contributed by atoms with Gasteiger partial charge in [0.05, 0.1) is 10.6 Å². The monoisotopic (exact) mass is 485 g/mol. The van der Waals surface area contributed by atoms with Crippen molar-refractivity contribution in [2.75, 3.05) is 5.75 Å². The maximum Gasteiger partial charge on any atom is 0.240 e. The lowest BCUT2D eigenvalue weighted by Gasteiger charge is -2.10. The van der Waals surface area contributed by atoms with Gasteiger partial charge in [-0.2, -0.15) is 0 Å². The Hall–Kier alpha value is -2.69. The Morgan fingerprint density at radius 3 is 2.52 bits per heavy atom. The molecular weight excluding hydrogens is 458 g/mol. The van der Waals surface area contributed by atoms with E-state index in [9.17, 15) is 13.2 Å². The van der Waals surface area contributed by atoms with E-state index in [1.807, 2.05) is 42.7 Å². The first-order valence-electron chi connectivity index (χ1n) is 10.9. The van der Waals surface area contributed by atoms with Gasteiger partial charge in [0, 0.05) is 24.7 Å². The van der Waals surface area contributed by atoms with E-state index in [0.29, 0.717) is 18.2 Å². The first kappa shape index (κ1) is 23.5. The number of aryl methyl sites for hydroxylation is 1. The van der Waals surface area contributed by atoms with Crippen molar-refractivity contribution in [3.8, 4) is 11.4 Å². The molecule has 1 saturated carbocycles. The van der Waals surface area contributed by atoms with E-state index in [1.165, 1.54) is 11.8 Å². The van der Waals surface area contributed by atoms with E-state index in [1.54, 1.807) is 24.3 Å². The van der Waals surface area contributed by atoms with Gasteiger partial charge in [-0.3, -0.25) is 4.79 Å². The van der Waals surface area contributed by atoms with Crippen molar-refractivity contribution in [1.29, 1.82) is 0 Å². The minimum absolute atomic E-state index is 0.0674. The van der Waals surface area contributed by atoms with Crippen LogP contribution in [0.3, 0.4) is 0 Å². The van der Waals surface area contributed by atoms with Crippen LogP contribution in [0.1, 0.15) is 30.9 Å². The molecular formula is C23H27N5O3S2. The van der Waals surface area contributed by atoms with Crippen LogP contribution in [0.4, 0.5) is 0 Å². The molecule has 0 aliphatic heterocycles. The summed E-state index contributed by atoms with van der Waals surface area (Å²) in [5.41, 5.74) is 2.98. The summed E-state index contributed by atoms with van der Waals surface area (Å²) in [6.45, 7) is 5.09.